The second-order valence-corrected chi connectivity index (χ2v) is 14.1. The number of halogens is 1. The second-order valence-electron chi connectivity index (χ2n) is 10.4. The van der Waals surface area contributed by atoms with Gasteiger partial charge in [0.05, 0.1) is 35.4 Å². The highest BCUT2D eigenvalue weighted by Gasteiger charge is 2.33. The monoisotopic (exact) mass is 619 g/mol. The molecular formula is C29H34FN3O7S2. The number of nitrogens with one attached hydrogen (secondary N) is 1. The molecule has 13 heteroatoms. The molecule has 10 nitrogen and oxygen atoms in total. The van der Waals surface area contributed by atoms with Crippen molar-refractivity contribution in [2.45, 2.75) is 42.2 Å². The lowest BCUT2D eigenvalue weighted by Gasteiger charge is -2.33. The average molecular weight is 620 g/mol. The second kappa shape index (κ2) is 12.8. The Labute approximate surface area is 245 Å². The van der Waals surface area contributed by atoms with Crippen LogP contribution in [-0.4, -0.2) is 75.9 Å². The maximum atomic E-state index is 13.4. The van der Waals surface area contributed by atoms with Gasteiger partial charge in [-0.3, -0.25) is 9.52 Å². The lowest BCUT2D eigenvalue weighted by atomic mass is 10.0. The highest BCUT2D eigenvalue weighted by molar-refractivity contribution is 7.92. The lowest BCUT2D eigenvalue weighted by Crippen LogP contribution is -2.48. The number of aliphatic hydroxyl groups is 1. The number of aliphatic hydroxyl groups excluding tert-OH is 1. The predicted molar refractivity (Wildman–Crippen MR) is 155 cm³/mol. The summed E-state index contributed by atoms with van der Waals surface area (Å²) in [4.78, 5) is 14.9. The fourth-order valence-corrected chi connectivity index (χ4v) is 6.92. The standard InChI is InChI=1S/C29H34FN3O7S2/c1-20-17-33(21(2)19-34)29(35)16-22-15-24(31-41(36,37)25-7-5-4-6-8-25)11-14-27(22)40-28(20)18-32(3)42(38,39)26-12-9-23(30)10-13-26/h4-15,20-21,28,31,34H,16-19H2,1-3H3/t20-,21+,28+/m0/s1. The third kappa shape index (κ3) is 7.09. The molecule has 4 rings (SSSR count). The number of hydrogen-bond acceptors (Lipinski definition) is 7. The number of fused-ring (bicyclic) bond motifs is 1. The van der Waals surface area contributed by atoms with E-state index in [0.717, 1.165) is 16.4 Å². The van der Waals surface area contributed by atoms with E-state index in [9.17, 15) is 31.1 Å². The molecule has 0 radical (unpaired) electrons. The van der Waals surface area contributed by atoms with Crippen LogP contribution in [0.3, 0.4) is 0 Å². The van der Waals surface area contributed by atoms with Crippen molar-refractivity contribution >= 4 is 31.6 Å². The Balaban J connectivity index is 1.68. The highest BCUT2D eigenvalue weighted by Crippen LogP contribution is 2.30. The van der Waals surface area contributed by atoms with E-state index in [4.69, 9.17) is 4.74 Å². The van der Waals surface area contributed by atoms with E-state index in [1.54, 1.807) is 31.2 Å². The molecule has 0 saturated carbocycles. The molecule has 3 atom stereocenters. The lowest BCUT2D eigenvalue weighted by molar-refractivity contribution is -0.134. The van der Waals surface area contributed by atoms with E-state index >= 15 is 0 Å². The molecule has 0 unspecified atom stereocenters. The Morgan fingerprint density at radius 3 is 2.36 bits per heavy atom. The molecule has 42 heavy (non-hydrogen) atoms. The number of sulfonamides is 2. The summed E-state index contributed by atoms with van der Waals surface area (Å²) in [5.41, 5.74) is 0.613. The number of amides is 1. The van der Waals surface area contributed by atoms with Crippen LogP contribution in [0.4, 0.5) is 10.1 Å². The van der Waals surface area contributed by atoms with Crippen LogP contribution in [0.5, 0.6) is 5.75 Å². The van der Waals surface area contributed by atoms with Gasteiger partial charge < -0.3 is 14.7 Å². The third-order valence-electron chi connectivity index (χ3n) is 7.18. The average Bonchev–Trinajstić information content (AvgIpc) is 3.00. The Bertz CT molecular complexity index is 1620. The van der Waals surface area contributed by atoms with Crippen molar-refractivity contribution in [3.63, 3.8) is 0 Å². The van der Waals surface area contributed by atoms with E-state index in [1.807, 2.05) is 6.92 Å². The number of carbonyl (C=O) groups is 1. The molecule has 226 valence electrons. The fourth-order valence-electron chi connectivity index (χ4n) is 4.66. The zero-order chi connectivity index (χ0) is 30.7. The Morgan fingerprint density at radius 1 is 1.05 bits per heavy atom. The minimum absolute atomic E-state index is 0.0723. The summed E-state index contributed by atoms with van der Waals surface area (Å²) in [6.07, 6.45) is -0.876. The van der Waals surface area contributed by atoms with Crippen LogP contribution < -0.4 is 9.46 Å². The summed E-state index contributed by atoms with van der Waals surface area (Å²) >= 11 is 0. The van der Waals surface area contributed by atoms with Crippen molar-refractivity contribution in [1.29, 1.82) is 0 Å². The van der Waals surface area contributed by atoms with E-state index in [2.05, 4.69) is 4.72 Å². The molecule has 2 N–H and O–H groups in total. The number of carbonyl (C=O) groups excluding carboxylic acids is 1. The van der Waals surface area contributed by atoms with E-state index in [-0.39, 0.29) is 53.4 Å². The van der Waals surface area contributed by atoms with Crippen molar-refractivity contribution in [2.75, 3.05) is 31.5 Å². The molecule has 0 spiro atoms. The van der Waals surface area contributed by atoms with Crippen molar-refractivity contribution in [3.05, 3.63) is 84.2 Å². The number of anilines is 1. The van der Waals surface area contributed by atoms with Crippen molar-refractivity contribution in [3.8, 4) is 5.75 Å². The number of ether oxygens (including phenoxy) is 1. The zero-order valence-corrected chi connectivity index (χ0v) is 25.1. The number of nitrogens with zero attached hydrogens (tertiary/aromatic N) is 2. The van der Waals surface area contributed by atoms with Gasteiger partial charge in [0.2, 0.25) is 15.9 Å². The van der Waals surface area contributed by atoms with Crippen LogP contribution in [0.15, 0.2) is 82.6 Å². The molecule has 1 heterocycles. The van der Waals surface area contributed by atoms with Gasteiger partial charge in [-0.1, -0.05) is 25.1 Å². The maximum absolute atomic E-state index is 13.4. The van der Waals surface area contributed by atoms with Crippen LogP contribution in [-0.2, 0) is 31.3 Å². The first-order valence-electron chi connectivity index (χ1n) is 13.3. The van der Waals surface area contributed by atoms with Gasteiger partial charge in [-0.2, -0.15) is 4.31 Å². The van der Waals surface area contributed by atoms with Gasteiger partial charge in [-0.25, -0.2) is 21.2 Å². The van der Waals surface area contributed by atoms with Gasteiger partial charge in [0, 0.05) is 30.8 Å². The molecule has 0 saturated heterocycles. The quantitative estimate of drug-likeness (QED) is 0.376. The van der Waals surface area contributed by atoms with Crippen LogP contribution in [0, 0.1) is 11.7 Å². The first kappa shape index (κ1) is 31.4. The van der Waals surface area contributed by atoms with Crippen LogP contribution in [0.1, 0.15) is 19.4 Å². The summed E-state index contributed by atoms with van der Waals surface area (Å²) in [6.45, 7) is 3.32. The molecule has 1 aliphatic heterocycles. The number of likely N-dealkylation sites (N-methyl/N-ethyl adjacent to an activating group) is 1. The van der Waals surface area contributed by atoms with Crippen LogP contribution >= 0.6 is 0 Å². The molecule has 0 bridgehead atoms. The van der Waals surface area contributed by atoms with E-state index < -0.39 is 38.0 Å². The maximum Gasteiger partial charge on any atom is 0.261 e. The van der Waals surface area contributed by atoms with Crippen LogP contribution in [0.2, 0.25) is 0 Å². The number of hydrogen-bond donors (Lipinski definition) is 2. The summed E-state index contributed by atoms with van der Waals surface area (Å²) in [5, 5.41) is 9.85. The predicted octanol–water partition coefficient (Wildman–Crippen LogP) is 3.10. The van der Waals surface area contributed by atoms with Crippen LogP contribution in [0.25, 0.3) is 0 Å². The summed E-state index contributed by atoms with van der Waals surface area (Å²) in [5.74, 6) is -0.941. The molecule has 0 aliphatic carbocycles. The first-order chi connectivity index (χ1) is 19.8. The Kier molecular flexibility index (Phi) is 9.56. The Morgan fingerprint density at radius 2 is 1.71 bits per heavy atom. The number of rotatable bonds is 9. The fraction of sp³-hybridized carbons (Fsp3) is 0.345. The molecule has 0 aromatic heterocycles. The zero-order valence-electron chi connectivity index (χ0n) is 23.5. The first-order valence-corrected chi connectivity index (χ1v) is 16.2. The van der Waals surface area contributed by atoms with Gasteiger partial charge in [0.1, 0.15) is 17.7 Å². The normalized spacial score (nSPS) is 18.8. The molecular weight excluding hydrogens is 585 g/mol. The van der Waals surface area contributed by atoms with Gasteiger partial charge in [-0.05, 0) is 61.5 Å². The smallest absolute Gasteiger partial charge is 0.261 e. The molecule has 1 amide bonds. The third-order valence-corrected chi connectivity index (χ3v) is 10.4. The SMILES string of the molecule is C[C@H](CO)N1C[C@H](C)[C@@H](CN(C)S(=O)(=O)c2ccc(F)cc2)Oc2ccc(NS(=O)(=O)c3ccccc3)cc2CC1=O. The van der Waals surface area contributed by atoms with Gasteiger partial charge in [0.25, 0.3) is 10.0 Å². The minimum Gasteiger partial charge on any atom is -0.488 e. The van der Waals surface area contributed by atoms with Gasteiger partial charge >= 0.3 is 0 Å². The topological polar surface area (TPSA) is 133 Å². The summed E-state index contributed by atoms with van der Waals surface area (Å²) < 4.78 is 75.7. The Hall–Kier alpha value is -3.52. The summed E-state index contributed by atoms with van der Waals surface area (Å²) in [7, 11) is -6.51. The molecule has 0 fully saturated rings. The van der Waals surface area contributed by atoms with Gasteiger partial charge in [0.15, 0.2) is 0 Å². The number of benzene rings is 3. The molecule has 3 aromatic rings. The van der Waals surface area contributed by atoms with E-state index in [1.165, 1.54) is 48.3 Å². The van der Waals surface area contributed by atoms with Crippen molar-refractivity contribution < 1.29 is 35.9 Å². The van der Waals surface area contributed by atoms with E-state index in [0.29, 0.717) is 11.3 Å². The molecule has 3 aromatic carbocycles. The van der Waals surface area contributed by atoms with Crippen molar-refractivity contribution in [2.24, 2.45) is 5.92 Å². The molecule has 1 aliphatic rings. The largest absolute Gasteiger partial charge is 0.488 e. The van der Waals surface area contributed by atoms with Crippen molar-refractivity contribution in [1.82, 2.24) is 9.21 Å². The minimum atomic E-state index is -4.00. The summed E-state index contributed by atoms with van der Waals surface area (Å²) in [6, 6.07) is 16.4. The van der Waals surface area contributed by atoms with Gasteiger partial charge in [-0.15, -0.1) is 0 Å². The highest BCUT2D eigenvalue weighted by atomic mass is 32.2.